The van der Waals surface area contributed by atoms with E-state index in [0.29, 0.717) is 19.5 Å². The summed E-state index contributed by atoms with van der Waals surface area (Å²) in [6.07, 6.45) is 0.677. The van der Waals surface area contributed by atoms with Crippen molar-refractivity contribution in [3.8, 4) is 0 Å². The highest BCUT2D eigenvalue weighted by atomic mass is 16.3. The second-order valence-corrected chi connectivity index (χ2v) is 5.20. The summed E-state index contributed by atoms with van der Waals surface area (Å²) in [7, 11) is 1.64. The zero-order chi connectivity index (χ0) is 12.1. The van der Waals surface area contributed by atoms with Crippen LogP contribution >= 0.6 is 0 Å². The fourth-order valence-electron chi connectivity index (χ4n) is 1.21. The molecule has 0 fully saturated rings. The number of nitrogens with one attached hydrogen (secondary N) is 2. The number of hydrogen-bond acceptors (Lipinski definition) is 3. The van der Waals surface area contributed by atoms with Crippen molar-refractivity contribution in [2.75, 3.05) is 20.1 Å². The first kappa shape index (κ1) is 14.4. The van der Waals surface area contributed by atoms with Crippen LogP contribution in [-0.2, 0) is 4.79 Å². The van der Waals surface area contributed by atoms with Crippen LogP contribution in [0.2, 0.25) is 0 Å². The van der Waals surface area contributed by atoms with E-state index in [2.05, 4.69) is 10.6 Å². The minimum Gasteiger partial charge on any atom is -0.390 e. The Bertz CT molecular complexity index is 207. The summed E-state index contributed by atoms with van der Waals surface area (Å²) in [4.78, 5) is 11.4. The quantitative estimate of drug-likeness (QED) is 0.567. The summed E-state index contributed by atoms with van der Waals surface area (Å²) in [6.45, 7) is 8.66. The normalized spacial score (nSPS) is 12.7. The zero-order valence-corrected chi connectivity index (χ0v) is 10.5. The van der Waals surface area contributed by atoms with Gasteiger partial charge >= 0.3 is 0 Å². The Morgan fingerprint density at radius 1 is 1.27 bits per heavy atom. The Kier molecular flexibility index (Phi) is 5.24. The van der Waals surface area contributed by atoms with Crippen LogP contribution in [0.3, 0.4) is 0 Å². The van der Waals surface area contributed by atoms with Gasteiger partial charge in [0.2, 0.25) is 5.91 Å². The minimum atomic E-state index is -0.649. The highest BCUT2D eigenvalue weighted by Gasteiger charge is 2.26. The standard InChI is InChI=1S/C11H24N2O2/c1-10(2,9(14)12-5)8-13-7-6-11(3,4)15/h13,15H,6-8H2,1-5H3,(H,12,14). The van der Waals surface area contributed by atoms with Crippen LogP contribution in [0.1, 0.15) is 34.1 Å². The molecular weight excluding hydrogens is 192 g/mol. The van der Waals surface area contributed by atoms with E-state index < -0.39 is 11.0 Å². The van der Waals surface area contributed by atoms with E-state index in [1.165, 1.54) is 0 Å². The van der Waals surface area contributed by atoms with Crippen LogP contribution in [0.25, 0.3) is 0 Å². The lowest BCUT2D eigenvalue weighted by molar-refractivity contribution is -0.128. The van der Waals surface area contributed by atoms with Crippen molar-refractivity contribution in [3.63, 3.8) is 0 Å². The van der Waals surface area contributed by atoms with Gasteiger partial charge in [-0.1, -0.05) is 0 Å². The fraction of sp³-hybridized carbons (Fsp3) is 0.909. The molecule has 0 aromatic carbocycles. The Morgan fingerprint density at radius 3 is 2.20 bits per heavy atom. The Morgan fingerprint density at radius 2 is 1.80 bits per heavy atom. The number of carbonyl (C=O) groups excluding carboxylic acids is 1. The molecule has 0 saturated carbocycles. The van der Waals surface area contributed by atoms with E-state index in [1.807, 2.05) is 13.8 Å². The van der Waals surface area contributed by atoms with E-state index in [1.54, 1.807) is 20.9 Å². The van der Waals surface area contributed by atoms with Gasteiger partial charge in [-0.3, -0.25) is 4.79 Å². The fourth-order valence-corrected chi connectivity index (χ4v) is 1.21. The molecule has 0 spiro atoms. The van der Waals surface area contributed by atoms with Crippen LogP contribution in [-0.4, -0.2) is 36.8 Å². The van der Waals surface area contributed by atoms with Gasteiger partial charge in [-0.05, 0) is 40.7 Å². The summed E-state index contributed by atoms with van der Waals surface area (Å²) in [6, 6.07) is 0. The molecule has 90 valence electrons. The maximum atomic E-state index is 11.4. The predicted octanol–water partition coefficient (Wildman–Crippen LogP) is 0.509. The van der Waals surface area contributed by atoms with Gasteiger partial charge < -0.3 is 15.7 Å². The smallest absolute Gasteiger partial charge is 0.226 e. The first-order chi connectivity index (χ1) is 6.69. The van der Waals surface area contributed by atoms with Gasteiger partial charge in [-0.2, -0.15) is 0 Å². The molecule has 0 aliphatic heterocycles. The third kappa shape index (κ3) is 6.47. The van der Waals surface area contributed by atoms with Crippen molar-refractivity contribution >= 4 is 5.91 Å². The molecule has 0 aliphatic rings. The number of rotatable bonds is 6. The average Bonchev–Trinajstić information content (AvgIpc) is 2.09. The van der Waals surface area contributed by atoms with Crippen LogP contribution in [0, 0.1) is 5.41 Å². The summed E-state index contributed by atoms with van der Waals surface area (Å²) in [5, 5.41) is 15.3. The van der Waals surface area contributed by atoms with Gasteiger partial charge in [0.15, 0.2) is 0 Å². The van der Waals surface area contributed by atoms with E-state index in [4.69, 9.17) is 0 Å². The van der Waals surface area contributed by atoms with Crippen LogP contribution in [0.15, 0.2) is 0 Å². The van der Waals surface area contributed by atoms with Crippen molar-refractivity contribution < 1.29 is 9.90 Å². The van der Waals surface area contributed by atoms with Crippen LogP contribution < -0.4 is 10.6 Å². The lowest BCUT2D eigenvalue weighted by Crippen LogP contribution is -2.43. The number of amides is 1. The van der Waals surface area contributed by atoms with Gasteiger partial charge in [-0.25, -0.2) is 0 Å². The molecule has 0 rings (SSSR count). The first-order valence-corrected chi connectivity index (χ1v) is 5.34. The molecule has 1 amide bonds. The van der Waals surface area contributed by atoms with E-state index in [0.717, 1.165) is 0 Å². The molecule has 0 bridgehead atoms. The van der Waals surface area contributed by atoms with E-state index >= 15 is 0 Å². The number of hydrogen-bond donors (Lipinski definition) is 3. The van der Waals surface area contributed by atoms with Crippen LogP contribution in [0.4, 0.5) is 0 Å². The van der Waals surface area contributed by atoms with Crippen LogP contribution in [0.5, 0.6) is 0 Å². The number of aliphatic hydroxyl groups is 1. The molecule has 0 atom stereocenters. The first-order valence-electron chi connectivity index (χ1n) is 5.34. The van der Waals surface area contributed by atoms with Gasteiger partial charge in [-0.15, -0.1) is 0 Å². The highest BCUT2D eigenvalue weighted by Crippen LogP contribution is 2.13. The average molecular weight is 216 g/mol. The second kappa shape index (κ2) is 5.47. The molecule has 0 aromatic rings. The molecular formula is C11H24N2O2. The molecule has 0 radical (unpaired) electrons. The van der Waals surface area contributed by atoms with Crippen molar-refractivity contribution in [2.45, 2.75) is 39.7 Å². The Balaban J connectivity index is 3.81. The third-order valence-electron chi connectivity index (χ3n) is 2.32. The molecule has 0 heterocycles. The highest BCUT2D eigenvalue weighted by molar-refractivity contribution is 5.81. The second-order valence-electron chi connectivity index (χ2n) is 5.20. The molecule has 3 N–H and O–H groups in total. The lowest BCUT2D eigenvalue weighted by atomic mass is 9.92. The maximum absolute atomic E-state index is 11.4. The summed E-state index contributed by atoms with van der Waals surface area (Å²) >= 11 is 0. The van der Waals surface area contributed by atoms with Crippen molar-refractivity contribution in [1.29, 1.82) is 0 Å². The monoisotopic (exact) mass is 216 g/mol. The molecule has 15 heavy (non-hydrogen) atoms. The third-order valence-corrected chi connectivity index (χ3v) is 2.32. The topological polar surface area (TPSA) is 61.4 Å². The zero-order valence-electron chi connectivity index (χ0n) is 10.5. The summed E-state index contributed by atoms with van der Waals surface area (Å²) < 4.78 is 0. The number of carbonyl (C=O) groups is 1. The van der Waals surface area contributed by atoms with E-state index in [9.17, 15) is 9.90 Å². The molecule has 4 nitrogen and oxygen atoms in total. The molecule has 4 heteroatoms. The largest absolute Gasteiger partial charge is 0.390 e. The predicted molar refractivity (Wildman–Crippen MR) is 61.6 cm³/mol. The van der Waals surface area contributed by atoms with Gasteiger partial charge in [0.1, 0.15) is 0 Å². The Hall–Kier alpha value is -0.610. The Labute approximate surface area is 92.4 Å². The maximum Gasteiger partial charge on any atom is 0.226 e. The SMILES string of the molecule is CNC(=O)C(C)(C)CNCCC(C)(C)O. The van der Waals surface area contributed by atoms with Crippen molar-refractivity contribution in [2.24, 2.45) is 5.41 Å². The van der Waals surface area contributed by atoms with Gasteiger partial charge in [0, 0.05) is 13.6 Å². The lowest BCUT2D eigenvalue weighted by Gasteiger charge is -2.24. The van der Waals surface area contributed by atoms with Gasteiger partial charge in [0.05, 0.1) is 11.0 Å². The molecule has 0 aromatic heterocycles. The minimum absolute atomic E-state index is 0.0262. The van der Waals surface area contributed by atoms with E-state index in [-0.39, 0.29) is 5.91 Å². The van der Waals surface area contributed by atoms with Crippen molar-refractivity contribution in [3.05, 3.63) is 0 Å². The van der Waals surface area contributed by atoms with Crippen molar-refractivity contribution in [1.82, 2.24) is 10.6 Å². The molecule has 0 saturated heterocycles. The van der Waals surface area contributed by atoms with Gasteiger partial charge in [0.25, 0.3) is 0 Å². The molecule has 0 unspecified atom stereocenters. The summed E-state index contributed by atoms with van der Waals surface area (Å²) in [5.74, 6) is 0.0262. The molecule has 0 aliphatic carbocycles. The summed E-state index contributed by atoms with van der Waals surface area (Å²) in [5.41, 5.74) is -1.06.